The number of benzene rings is 1. The fourth-order valence-electron chi connectivity index (χ4n) is 2.21. The second-order valence-corrected chi connectivity index (χ2v) is 4.13. The Balaban J connectivity index is 2.80. The van der Waals surface area contributed by atoms with Crippen molar-refractivity contribution in [2.45, 2.75) is 32.7 Å². The third-order valence-electron chi connectivity index (χ3n) is 2.98. The van der Waals surface area contributed by atoms with Gasteiger partial charge in [0.25, 0.3) is 0 Å². The second kappa shape index (κ2) is 7.42. The fraction of sp³-hybridized carbons (Fsp3) is 0.571. The topological polar surface area (TPSA) is 29.3 Å². The summed E-state index contributed by atoms with van der Waals surface area (Å²) in [6.45, 7) is 7.44. The lowest BCUT2D eigenvalue weighted by Crippen LogP contribution is -2.31. The Morgan fingerprint density at radius 2 is 1.88 bits per heavy atom. The molecule has 0 radical (unpaired) electrons. The summed E-state index contributed by atoms with van der Waals surface area (Å²) in [5, 5.41) is 0. The van der Waals surface area contributed by atoms with E-state index >= 15 is 0 Å². The van der Waals surface area contributed by atoms with E-state index in [-0.39, 0.29) is 0 Å². The zero-order chi connectivity index (χ0) is 11.8. The van der Waals surface area contributed by atoms with Crippen molar-refractivity contribution >= 4 is 0 Å². The summed E-state index contributed by atoms with van der Waals surface area (Å²) in [4.78, 5) is 2.52. The van der Waals surface area contributed by atoms with E-state index in [1.54, 1.807) is 0 Å². The van der Waals surface area contributed by atoms with Crippen molar-refractivity contribution in [1.29, 1.82) is 0 Å². The van der Waals surface area contributed by atoms with Crippen LogP contribution in [-0.2, 0) is 0 Å². The Morgan fingerprint density at radius 3 is 2.38 bits per heavy atom. The molecule has 0 spiro atoms. The van der Waals surface area contributed by atoms with Gasteiger partial charge in [0, 0.05) is 6.04 Å². The summed E-state index contributed by atoms with van der Waals surface area (Å²) in [7, 11) is 0. The van der Waals surface area contributed by atoms with Crippen LogP contribution in [0.4, 0.5) is 0 Å². The average molecular weight is 220 g/mol. The summed E-state index contributed by atoms with van der Waals surface area (Å²) in [6, 6.07) is 11.2. The first-order chi connectivity index (χ1) is 7.83. The molecule has 1 unspecified atom stereocenters. The molecule has 0 heterocycles. The first-order valence-corrected chi connectivity index (χ1v) is 6.32. The van der Waals surface area contributed by atoms with E-state index in [4.69, 9.17) is 5.73 Å². The van der Waals surface area contributed by atoms with Gasteiger partial charge in [-0.1, -0.05) is 44.2 Å². The molecule has 0 amide bonds. The van der Waals surface area contributed by atoms with Gasteiger partial charge in [-0.05, 0) is 38.0 Å². The molecule has 0 saturated heterocycles. The van der Waals surface area contributed by atoms with Gasteiger partial charge in [0.1, 0.15) is 0 Å². The van der Waals surface area contributed by atoms with E-state index in [0.717, 1.165) is 26.1 Å². The standard InChI is InChI=1S/C14H24N2/c1-3-12-16(4-2)14(10-11-15)13-8-6-5-7-9-13/h5-9,14H,3-4,10-12,15H2,1-2H3. The lowest BCUT2D eigenvalue weighted by atomic mass is 10.0. The van der Waals surface area contributed by atoms with Gasteiger partial charge in [-0.15, -0.1) is 0 Å². The maximum atomic E-state index is 5.73. The van der Waals surface area contributed by atoms with Crippen LogP contribution in [0.15, 0.2) is 30.3 Å². The Labute approximate surface area is 99.5 Å². The molecule has 1 rings (SSSR count). The molecule has 0 aliphatic carbocycles. The molecule has 1 aromatic carbocycles. The van der Waals surface area contributed by atoms with Crippen LogP contribution < -0.4 is 5.73 Å². The molecule has 0 saturated carbocycles. The van der Waals surface area contributed by atoms with E-state index in [0.29, 0.717) is 6.04 Å². The van der Waals surface area contributed by atoms with Crippen molar-refractivity contribution in [3.05, 3.63) is 35.9 Å². The highest BCUT2D eigenvalue weighted by atomic mass is 15.1. The maximum absolute atomic E-state index is 5.73. The van der Waals surface area contributed by atoms with Gasteiger partial charge in [0.2, 0.25) is 0 Å². The predicted octanol–water partition coefficient (Wildman–Crippen LogP) is 2.81. The molecule has 2 heteroatoms. The Bertz CT molecular complexity index is 271. The monoisotopic (exact) mass is 220 g/mol. The largest absolute Gasteiger partial charge is 0.330 e. The molecule has 90 valence electrons. The second-order valence-electron chi connectivity index (χ2n) is 4.13. The maximum Gasteiger partial charge on any atom is 0.0359 e. The number of hydrogen-bond acceptors (Lipinski definition) is 2. The van der Waals surface area contributed by atoms with Crippen molar-refractivity contribution in [3.8, 4) is 0 Å². The molecule has 0 fully saturated rings. The lowest BCUT2D eigenvalue weighted by Gasteiger charge is -2.30. The average Bonchev–Trinajstić information content (AvgIpc) is 2.35. The highest BCUT2D eigenvalue weighted by Gasteiger charge is 2.16. The molecule has 1 atom stereocenters. The van der Waals surface area contributed by atoms with Gasteiger partial charge in [-0.25, -0.2) is 0 Å². The minimum Gasteiger partial charge on any atom is -0.330 e. The van der Waals surface area contributed by atoms with Crippen LogP contribution in [-0.4, -0.2) is 24.5 Å². The van der Waals surface area contributed by atoms with Crippen molar-refractivity contribution in [3.63, 3.8) is 0 Å². The van der Waals surface area contributed by atoms with Gasteiger partial charge in [0.15, 0.2) is 0 Å². The van der Waals surface area contributed by atoms with E-state index in [1.807, 2.05) is 0 Å². The van der Waals surface area contributed by atoms with E-state index < -0.39 is 0 Å². The normalized spacial score (nSPS) is 13.0. The van der Waals surface area contributed by atoms with Crippen LogP contribution in [0.5, 0.6) is 0 Å². The van der Waals surface area contributed by atoms with Crippen molar-refractivity contribution in [2.75, 3.05) is 19.6 Å². The molecule has 0 aliphatic rings. The van der Waals surface area contributed by atoms with Crippen molar-refractivity contribution in [1.82, 2.24) is 4.90 Å². The van der Waals surface area contributed by atoms with Crippen molar-refractivity contribution in [2.24, 2.45) is 5.73 Å². The molecule has 2 N–H and O–H groups in total. The Morgan fingerprint density at radius 1 is 1.19 bits per heavy atom. The van der Waals surface area contributed by atoms with E-state index in [1.165, 1.54) is 12.0 Å². The number of nitrogens with zero attached hydrogens (tertiary/aromatic N) is 1. The minimum absolute atomic E-state index is 0.483. The fourth-order valence-corrected chi connectivity index (χ4v) is 2.21. The van der Waals surface area contributed by atoms with Gasteiger partial charge in [-0.2, -0.15) is 0 Å². The third kappa shape index (κ3) is 3.62. The summed E-state index contributed by atoms with van der Waals surface area (Å²) >= 11 is 0. The SMILES string of the molecule is CCCN(CC)C(CCN)c1ccccc1. The first kappa shape index (κ1) is 13.2. The summed E-state index contributed by atoms with van der Waals surface area (Å²) in [6.07, 6.45) is 2.24. The van der Waals surface area contributed by atoms with Gasteiger partial charge in [-0.3, -0.25) is 4.90 Å². The summed E-state index contributed by atoms with van der Waals surface area (Å²) in [5.41, 5.74) is 7.12. The van der Waals surface area contributed by atoms with Crippen LogP contribution in [0.1, 0.15) is 38.3 Å². The quantitative estimate of drug-likeness (QED) is 0.765. The summed E-state index contributed by atoms with van der Waals surface area (Å²) < 4.78 is 0. The van der Waals surface area contributed by atoms with Gasteiger partial charge >= 0.3 is 0 Å². The predicted molar refractivity (Wildman–Crippen MR) is 70.4 cm³/mol. The summed E-state index contributed by atoms with van der Waals surface area (Å²) in [5.74, 6) is 0. The highest BCUT2D eigenvalue weighted by molar-refractivity contribution is 5.19. The molecular formula is C14H24N2. The van der Waals surface area contributed by atoms with Crippen molar-refractivity contribution < 1.29 is 0 Å². The highest BCUT2D eigenvalue weighted by Crippen LogP contribution is 2.23. The number of nitrogens with two attached hydrogens (primary N) is 1. The van der Waals surface area contributed by atoms with Crippen LogP contribution in [0.3, 0.4) is 0 Å². The first-order valence-electron chi connectivity index (χ1n) is 6.32. The molecule has 2 nitrogen and oxygen atoms in total. The van der Waals surface area contributed by atoms with Crippen LogP contribution >= 0.6 is 0 Å². The van der Waals surface area contributed by atoms with Crippen LogP contribution in [0, 0.1) is 0 Å². The molecule has 1 aromatic rings. The smallest absolute Gasteiger partial charge is 0.0359 e. The molecule has 0 bridgehead atoms. The van der Waals surface area contributed by atoms with Crippen LogP contribution in [0.25, 0.3) is 0 Å². The zero-order valence-corrected chi connectivity index (χ0v) is 10.5. The lowest BCUT2D eigenvalue weighted by molar-refractivity contribution is 0.200. The Hall–Kier alpha value is -0.860. The van der Waals surface area contributed by atoms with Gasteiger partial charge < -0.3 is 5.73 Å². The molecular weight excluding hydrogens is 196 g/mol. The molecule has 0 aromatic heterocycles. The van der Waals surface area contributed by atoms with Crippen LogP contribution in [0.2, 0.25) is 0 Å². The van der Waals surface area contributed by atoms with E-state index in [9.17, 15) is 0 Å². The number of rotatable bonds is 7. The van der Waals surface area contributed by atoms with E-state index in [2.05, 4.69) is 49.1 Å². The Kier molecular flexibility index (Phi) is 6.12. The third-order valence-corrected chi connectivity index (χ3v) is 2.98. The number of hydrogen-bond donors (Lipinski definition) is 1. The molecule has 16 heavy (non-hydrogen) atoms. The minimum atomic E-state index is 0.483. The zero-order valence-electron chi connectivity index (χ0n) is 10.5. The molecule has 0 aliphatic heterocycles. The van der Waals surface area contributed by atoms with Gasteiger partial charge in [0.05, 0.1) is 0 Å².